The maximum atomic E-state index is 9.16. The maximum absolute atomic E-state index is 9.16. The summed E-state index contributed by atoms with van der Waals surface area (Å²) in [5, 5.41) is 0. The lowest BCUT2D eigenvalue weighted by molar-refractivity contribution is 0.224. The van der Waals surface area contributed by atoms with Gasteiger partial charge < -0.3 is 14.4 Å². The fourth-order valence-electron chi connectivity index (χ4n) is 4.00. The summed E-state index contributed by atoms with van der Waals surface area (Å²) in [6.07, 6.45) is 22.2. The van der Waals surface area contributed by atoms with Crippen LogP contribution in [0.5, 0.6) is 0 Å². The van der Waals surface area contributed by atoms with E-state index in [9.17, 15) is 0 Å². The predicted molar refractivity (Wildman–Crippen MR) is 119 cm³/mol. The van der Waals surface area contributed by atoms with E-state index >= 15 is 0 Å². The van der Waals surface area contributed by atoms with Crippen molar-refractivity contribution in [2.24, 2.45) is 5.92 Å². The van der Waals surface area contributed by atoms with E-state index in [4.69, 9.17) is 14.4 Å². The van der Waals surface area contributed by atoms with Gasteiger partial charge in [-0.3, -0.25) is 0 Å². The van der Waals surface area contributed by atoms with Crippen LogP contribution >= 0.6 is 0 Å². The van der Waals surface area contributed by atoms with Crippen molar-refractivity contribution in [2.45, 2.75) is 136 Å². The SMILES string of the molecule is CCCCCCCCCCCCCCCC(CCC[Si](O)(O)O)C[C](C)C. The maximum Gasteiger partial charge on any atom is 0.492 e. The molecule has 0 aromatic heterocycles. The molecule has 0 aliphatic heterocycles. The highest BCUT2D eigenvalue weighted by molar-refractivity contribution is 6.56. The summed E-state index contributed by atoms with van der Waals surface area (Å²) in [4.78, 5) is 27.5. The molecule has 1 atom stereocenters. The lowest BCUT2D eigenvalue weighted by Gasteiger charge is -2.19. The van der Waals surface area contributed by atoms with Crippen LogP contribution in [0.1, 0.15) is 130 Å². The molecule has 0 aromatic carbocycles. The van der Waals surface area contributed by atoms with Gasteiger partial charge in [-0.05, 0) is 24.7 Å². The molecule has 0 amide bonds. The molecule has 0 aliphatic carbocycles. The topological polar surface area (TPSA) is 60.7 Å². The molecule has 1 radical (unpaired) electrons. The zero-order valence-electron chi connectivity index (χ0n) is 18.6. The molecule has 0 fully saturated rings. The van der Waals surface area contributed by atoms with Crippen LogP contribution in [0.3, 0.4) is 0 Å². The van der Waals surface area contributed by atoms with Gasteiger partial charge in [-0.1, -0.05) is 117 Å². The Morgan fingerprint density at radius 1 is 0.630 bits per heavy atom. The van der Waals surface area contributed by atoms with E-state index in [1.54, 1.807) is 0 Å². The molecule has 0 heterocycles. The van der Waals surface area contributed by atoms with Crippen LogP contribution in [0.25, 0.3) is 0 Å². The van der Waals surface area contributed by atoms with Crippen molar-refractivity contribution in [1.29, 1.82) is 0 Å². The van der Waals surface area contributed by atoms with E-state index in [1.807, 2.05) is 0 Å². The Labute approximate surface area is 171 Å². The average Bonchev–Trinajstić information content (AvgIpc) is 2.57. The van der Waals surface area contributed by atoms with E-state index in [0.29, 0.717) is 5.92 Å². The van der Waals surface area contributed by atoms with Crippen LogP contribution in [0.15, 0.2) is 0 Å². The number of unbranched alkanes of at least 4 members (excludes halogenated alkanes) is 12. The van der Waals surface area contributed by atoms with Gasteiger partial charge in [-0.2, -0.15) is 0 Å². The van der Waals surface area contributed by atoms with Gasteiger partial charge in [0, 0.05) is 6.04 Å². The standard InChI is InChI=1S/C23H49O3Si/c1-4-5-6-7-8-9-10-11-12-13-14-15-16-18-23(21-22(2)3)19-17-20-27(24,25)26/h23-26H,4-21H2,1-3H3. The van der Waals surface area contributed by atoms with Crippen LogP contribution in [-0.4, -0.2) is 23.2 Å². The minimum atomic E-state index is -3.84. The van der Waals surface area contributed by atoms with Crippen molar-refractivity contribution in [3.8, 4) is 0 Å². The first-order valence-electron chi connectivity index (χ1n) is 11.8. The normalized spacial score (nSPS) is 13.4. The number of hydrogen-bond donors (Lipinski definition) is 3. The Hall–Kier alpha value is 0.0969. The van der Waals surface area contributed by atoms with Crippen LogP contribution in [0.2, 0.25) is 6.04 Å². The highest BCUT2D eigenvalue weighted by atomic mass is 28.4. The van der Waals surface area contributed by atoms with Gasteiger partial charge in [0.15, 0.2) is 0 Å². The van der Waals surface area contributed by atoms with Crippen LogP contribution in [0.4, 0.5) is 0 Å². The van der Waals surface area contributed by atoms with E-state index in [0.717, 1.165) is 19.3 Å². The van der Waals surface area contributed by atoms with E-state index in [-0.39, 0.29) is 6.04 Å². The molecule has 0 bridgehead atoms. The fraction of sp³-hybridized carbons (Fsp3) is 0.957. The van der Waals surface area contributed by atoms with Crippen LogP contribution in [0, 0.1) is 11.8 Å². The van der Waals surface area contributed by atoms with Crippen LogP contribution < -0.4 is 0 Å². The molecular formula is C23H49O3Si. The largest absolute Gasteiger partial charge is 0.492 e. The van der Waals surface area contributed by atoms with E-state index in [1.165, 1.54) is 95.8 Å². The lowest BCUT2D eigenvalue weighted by Crippen LogP contribution is -2.34. The third-order valence-corrected chi connectivity index (χ3v) is 6.56. The molecule has 3 nitrogen and oxygen atoms in total. The second-order valence-electron chi connectivity index (χ2n) is 8.98. The van der Waals surface area contributed by atoms with Crippen molar-refractivity contribution in [3.63, 3.8) is 0 Å². The van der Waals surface area contributed by atoms with Gasteiger partial charge in [-0.15, -0.1) is 0 Å². The second-order valence-corrected chi connectivity index (χ2v) is 11.0. The summed E-state index contributed by atoms with van der Waals surface area (Å²) in [7, 11) is -3.84. The molecule has 0 saturated heterocycles. The first kappa shape index (κ1) is 27.1. The van der Waals surface area contributed by atoms with E-state index < -0.39 is 8.80 Å². The monoisotopic (exact) mass is 401 g/mol. The fourth-order valence-corrected chi connectivity index (χ4v) is 4.68. The Kier molecular flexibility index (Phi) is 18.2. The van der Waals surface area contributed by atoms with Crippen molar-refractivity contribution in [2.75, 3.05) is 0 Å². The molecule has 0 spiro atoms. The van der Waals surface area contributed by atoms with Gasteiger partial charge in [0.25, 0.3) is 0 Å². The summed E-state index contributed by atoms with van der Waals surface area (Å²) in [6.45, 7) is 6.64. The highest BCUT2D eigenvalue weighted by Gasteiger charge is 2.26. The molecule has 0 rings (SSSR count). The second kappa shape index (κ2) is 18.1. The molecule has 27 heavy (non-hydrogen) atoms. The summed E-state index contributed by atoms with van der Waals surface area (Å²) in [6, 6.07) is 0.185. The van der Waals surface area contributed by atoms with Gasteiger partial charge in [0.1, 0.15) is 0 Å². The average molecular weight is 402 g/mol. The highest BCUT2D eigenvalue weighted by Crippen LogP contribution is 2.26. The minimum Gasteiger partial charge on any atom is -0.390 e. The van der Waals surface area contributed by atoms with Crippen molar-refractivity contribution in [3.05, 3.63) is 5.92 Å². The summed E-state index contributed by atoms with van der Waals surface area (Å²) >= 11 is 0. The van der Waals surface area contributed by atoms with E-state index in [2.05, 4.69) is 20.8 Å². The molecule has 4 heteroatoms. The molecular weight excluding hydrogens is 352 g/mol. The summed E-state index contributed by atoms with van der Waals surface area (Å²) in [5.41, 5.74) is 0. The summed E-state index contributed by atoms with van der Waals surface area (Å²) in [5.74, 6) is 2.09. The van der Waals surface area contributed by atoms with Gasteiger partial charge in [0.2, 0.25) is 0 Å². The Balaban J connectivity index is 3.54. The predicted octanol–water partition coefficient (Wildman–Crippen LogP) is 6.78. The zero-order chi connectivity index (χ0) is 20.4. The molecule has 1 unspecified atom stereocenters. The van der Waals surface area contributed by atoms with Crippen molar-refractivity contribution in [1.82, 2.24) is 0 Å². The first-order valence-corrected chi connectivity index (χ1v) is 13.9. The quantitative estimate of drug-likeness (QED) is 0.155. The molecule has 0 saturated carbocycles. The van der Waals surface area contributed by atoms with Crippen molar-refractivity contribution < 1.29 is 14.4 Å². The molecule has 0 aliphatic rings. The van der Waals surface area contributed by atoms with Gasteiger partial charge in [-0.25, -0.2) is 0 Å². The minimum absolute atomic E-state index is 0.185. The number of hydrogen-bond acceptors (Lipinski definition) is 3. The Morgan fingerprint density at radius 3 is 1.44 bits per heavy atom. The van der Waals surface area contributed by atoms with Crippen molar-refractivity contribution >= 4 is 8.80 Å². The molecule has 3 N–H and O–H groups in total. The molecule has 163 valence electrons. The Morgan fingerprint density at radius 2 is 1.04 bits per heavy atom. The Bertz CT molecular complexity index is 302. The zero-order valence-corrected chi connectivity index (χ0v) is 19.6. The third kappa shape index (κ3) is 22.3. The molecule has 0 aromatic rings. The third-order valence-electron chi connectivity index (χ3n) is 5.54. The van der Waals surface area contributed by atoms with Gasteiger partial charge >= 0.3 is 8.80 Å². The van der Waals surface area contributed by atoms with Crippen LogP contribution in [-0.2, 0) is 0 Å². The number of rotatable bonds is 20. The first-order chi connectivity index (χ1) is 12.8. The summed E-state index contributed by atoms with van der Waals surface area (Å²) < 4.78 is 0. The smallest absolute Gasteiger partial charge is 0.390 e. The lowest BCUT2D eigenvalue weighted by atomic mass is 9.88. The van der Waals surface area contributed by atoms with Gasteiger partial charge in [0.05, 0.1) is 0 Å².